The molecule has 1 amide bonds. The fourth-order valence-electron chi connectivity index (χ4n) is 3.98. The topological polar surface area (TPSA) is 66.4 Å². The van der Waals surface area contributed by atoms with E-state index in [1.807, 2.05) is 12.1 Å². The Bertz CT molecular complexity index is 602. The zero-order valence-electron chi connectivity index (χ0n) is 13.8. The lowest BCUT2D eigenvalue weighted by molar-refractivity contribution is -0.144. The Morgan fingerprint density at radius 1 is 1.08 bits per heavy atom. The molecule has 5 heteroatoms. The zero-order valence-corrected chi connectivity index (χ0v) is 13.8. The van der Waals surface area contributed by atoms with Crippen molar-refractivity contribution < 1.29 is 19.1 Å². The number of hydrogen-bond donors (Lipinski definition) is 2. The summed E-state index contributed by atoms with van der Waals surface area (Å²) in [6.45, 7) is 0.580. The number of halogens is 1. The third kappa shape index (κ3) is 3.45. The van der Waals surface area contributed by atoms with E-state index in [1.54, 1.807) is 0 Å². The second-order valence-electron chi connectivity index (χ2n) is 7.25. The van der Waals surface area contributed by atoms with E-state index in [4.69, 9.17) is 5.11 Å². The lowest BCUT2D eigenvalue weighted by Gasteiger charge is -2.43. The average molecular weight is 333 g/mol. The van der Waals surface area contributed by atoms with Crippen LogP contribution in [0.5, 0.6) is 0 Å². The molecule has 2 N–H and O–H groups in total. The normalized spacial score (nSPS) is 25.5. The Morgan fingerprint density at radius 3 is 2.17 bits per heavy atom. The largest absolute Gasteiger partial charge is 0.481 e. The smallest absolute Gasteiger partial charge is 0.306 e. The number of rotatable bonds is 5. The molecule has 2 aliphatic rings. The first-order chi connectivity index (χ1) is 11.5. The molecule has 0 spiro atoms. The third-order valence-corrected chi connectivity index (χ3v) is 5.82. The first-order valence-electron chi connectivity index (χ1n) is 8.77. The van der Waals surface area contributed by atoms with E-state index in [0.29, 0.717) is 32.2 Å². The van der Waals surface area contributed by atoms with Crippen molar-refractivity contribution in [3.05, 3.63) is 35.6 Å². The Hall–Kier alpha value is -1.91. The van der Waals surface area contributed by atoms with E-state index >= 15 is 0 Å². The van der Waals surface area contributed by atoms with Crippen molar-refractivity contribution in [2.45, 2.75) is 50.4 Å². The summed E-state index contributed by atoms with van der Waals surface area (Å²) in [7, 11) is 0. The molecule has 2 aliphatic carbocycles. The molecule has 2 fully saturated rings. The lowest BCUT2D eigenvalue weighted by Crippen LogP contribution is -2.47. The average Bonchev–Trinajstić information content (AvgIpc) is 2.55. The second kappa shape index (κ2) is 6.91. The molecule has 0 atom stereocenters. The minimum absolute atomic E-state index is 0.0345. The number of aliphatic carboxylic acids is 1. The third-order valence-electron chi connectivity index (χ3n) is 5.82. The van der Waals surface area contributed by atoms with Gasteiger partial charge in [-0.3, -0.25) is 9.59 Å². The van der Waals surface area contributed by atoms with E-state index in [-0.39, 0.29) is 29.0 Å². The fourth-order valence-corrected chi connectivity index (χ4v) is 3.98. The zero-order chi connectivity index (χ0) is 17.2. The Labute approximate surface area is 141 Å². The maximum atomic E-state index is 13.1. The minimum Gasteiger partial charge on any atom is -0.481 e. The van der Waals surface area contributed by atoms with Gasteiger partial charge in [0.1, 0.15) is 5.82 Å². The van der Waals surface area contributed by atoms with Crippen molar-refractivity contribution in [3.8, 4) is 0 Å². The van der Waals surface area contributed by atoms with E-state index in [1.165, 1.54) is 12.1 Å². The van der Waals surface area contributed by atoms with Gasteiger partial charge in [0.05, 0.1) is 5.92 Å². The number of carbonyl (C=O) groups excluding carboxylic acids is 1. The quantitative estimate of drug-likeness (QED) is 0.869. The summed E-state index contributed by atoms with van der Waals surface area (Å²) in [5.74, 6) is -1.34. The molecular formula is C19H24FNO3. The molecule has 3 rings (SSSR count). The lowest BCUT2D eigenvalue weighted by atomic mass is 9.64. The predicted octanol–water partition coefficient (Wildman–Crippen LogP) is 3.25. The van der Waals surface area contributed by atoms with Gasteiger partial charge >= 0.3 is 5.97 Å². The van der Waals surface area contributed by atoms with Gasteiger partial charge in [0.2, 0.25) is 5.91 Å². The fraction of sp³-hybridized carbons (Fsp3) is 0.579. The number of hydrogen-bond acceptors (Lipinski definition) is 2. The van der Waals surface area contributed by atoms with Crippen molar-refractivity contribution >= 4 is 11.9 Å². The maximum Gasteiger partial charge on any atom is 0.306 e. The number of carbonyl (C=O) groups is 2. The molecule has 0 saturated heterocycles. The molecular weight excluding hydrogens is 309 g/mol. The molecule has 0 bridgehead atoms. The number of carboxylic acid groups (broad SMARTS) is 1. The van der Waals surface area contributed by atoms with Crippen LogP contribution in [0.25, 0.3) is 0 Å². The van der Waals surface area contributed by atoms with Crippen LogP contribution < -0.4 is 5.32 Å². The maximum absolute atomic E-state index is 13.1. The van der Waals surface area contributed by atoms with Crippen LogP contribution in [0.3, 0.4) is 0 Å². The van der Waals surface area contributed by atoms with Gasteiger partial charge < -0.3 is 10.4 Å². The van der Waals surface area contributed by atoms with Gasteiger partial charge in [0.25, 0.3) is 0 Å². The monoisotopic (exact) mass is 333 g/mol. The van der Waals surface area contributed by atoms with Crippen molar-refractivity contribution in [2.24, 2.45) is 11.8 Å². The molecule has 1 aromatic rings. The van der Waals surface area contributed by atoms with Gasteiger partial charge in [0.15, 0.2) is 0 Å². The minimum atomic E-state index is -0.751. The Balaban J connectivity index is 1.55. The molecule has 0 aliphatic heterocycles. The van der Waals surface area contributed by atoms with E-state index < -0.39 is 5.97 Å². The van der Waals surface area contributed by atoms with E-state index in [2.05, 4.69) is 5.32 Å². The van der Waals surface area contributed by atoms with Gasteiger partial charge in [0, 0.05) is 17.9 Å². The van der Waals surface area contributed by atoms with Crippen molar-refractivity contribution in [1.29, 1.82) is 0 Å². The molecule has 24 heavy (non-hydrogen) atoms. The van der Waals surface area contributed by atoms with Gasteiger partial charge in [-0.2, -0.15) is 0 Å². The highest BCUT2D eigenvalue weighted by Crippen LogP contribution is 2.43. The van der Waals surface area contributed by atoms with Crippen LogP contribution in [0.4, 0.5) is 4.39 Å². The Morgan fingerprint density at radius 2 is 1.67 bits per heavy atom. The molecule has 0 heterocycles. The standard InChI is InChI=1S/C19H24FNO3/c20-16-8-6-15(7-9-16)19(10-1-11-19)12-21-17(22)13-2-4-14(5-3-13)18(23)24/h6-9,13-14H,1-5,10-12H2,(H,21,22)(H,23,24). The molecule has 130 valence electrons. The summed E-state index contributed by atoms with van der Waals surface area (Å²) in [6.07, 6.45) is 5.58. The van der Waals surface area contributed by atoms with Crippen LogP contribution in [-0.4, -0.2) is 23.5 Å². The number of amides is 1. The summed E-state index contributed by atoms with van der Waals surface area (Å²) >= 11 is 0. The van der Waals surface area contributed by atoms with Crippen LogP contribution in [0.15, 0.2) is 24.3 Å². The van der Waals surface area contributed by atoms with Crippen LogP contribution in [0.2, 0.25) is 0 Å². The van der Waals surface area contributed by atoms with Crippen LogP contribution in [0, 0.1) is 17.7 Å². The molecule has 2 saturated carbocycles. The molecule has 0 aromatic heterocycles. The predicted molar refractivity (Wildman–Crippen MR) is 88.0 cm³/mol. The number of carboxylic acids is 1. The highest BCUT2D eigenvalue weighted by Gasteiger charge is 2.39. The first kappa shape index (κ1) is 16.9. The van der Waals surface area contributed by atoms with Crippen LogP contribution in [0.1, 0.15) is 50.5 Å². The Kier molecular flexibility index (Phi) is 4.88. The molecule has 0 radical (unpaired) electrons. The van der Waals surface area contributed by atoms with Gasteiger partial charge in [-0.05, 0) is 56.2 Å². The number of benzene rings is 1. The molecule has 0 unspecified atom stereocenters. The second-order valence-corrected chi connectivity index (χ2v) is 7.25. The van der Waals surface area contributed by atoms with Gasteiger partial charge in [-0.15, -0.1) is 0 Å². The number of nitrogens with one attached hydrogen (secondary N) is 1. The van der Waals surface area contributed by atoms with Crippen LogP contribution >= 0.6 is 0 Å². The van der Waals surface area contributed by atoms with Gasteiger partial charge in [-0.1, -0.05) is 18.6 Å². The highest BCUT2D eigenvalue weighted by molar-refractivity contribution is 5.79. The van der Waals surface area contributed by atoms with E-state index in [0.717, 1.165) is 24.8 Å². The molecule has 4 nitrogen and oxygen atoms in total. The van der Waals surface area contributed by atoms with Crippen molar-refractivity contribution in [2.75, 3.05) is 6.54 Å². The summed E-state index contributed by atoms with van der Waals surface area (Å²) in [5, 5.41) is 12.1. The SMILES string of the molecule is O=C(O)C1CCC(C(=O)NCC2(c3ccc(F)cc3)CCC2)CC1. The van der Waals surface area contributed by atoms with E-state index in [9.17, 15) is 14.0 Å². The molecule has 1 aromatic carbocycles. The summed E-state index contributed by atoms with van der Waals surface area (Å²) in [4.78, 5) is 23.4. The summed E-state index contributed by atoms with van der Waals surface area (Å²) in [5.41, 5.74) is 1.02. The van der Waals surface area contributed by atoms with Crippen LogP contribution in [-0.2, 0) is 15.0 Å². The summed E-state index contributed by atoms with van der Waals surface area (Å²) < 4.78 is 13.1. The summed E-state index contributed by atoms with van der Waals surface area (Å²) in [6, 6.07) is 6.59. The van der Waals surface area contributed by atoms with Crippen molar-refractivity contribution in [1.82, 2.24) is 5.32 Å². The highest BCUT2D eigenvalue weighted by atomic mass is 19.1. The first-order valence-corrected chi connectivity index (χ1v) is 8.77. The van der Waals surface area contributed by atoms with Gasteiger partial charge in [-0.25, -0.2) is 4.39 Å². The van der Waals surface area contributed by atoms with Crippen molar-refractivity contribution in [3.63, 3.8) is 0 Å².